The standard InChI is InChI=1S/C19H19N7O3/c20-19-23-17-9-13(5-6-26(17)24-19)14-10-21-25(11-14)12-18(28)22-15-1-3-16(4-2-15)29-8-7-27/h1-6,9-11,27H,7-8,12H2,(H2,20,24)(H,22,28). The summed E-state index contributed by atoms with van der Waals surface area (Å²) in [6.07, 6.45) is 5.25. The molecular weight excluding hydrogens is 374 g/mol. The van der Waals surface area contributed by atoms with Crippen LogP contribution in [0, 0.1) is 0 Å². The highest BCUT2D eigenvalue weighted by atomic mass is 16.5. The normalized spacial score (nSPS) is 10.9. The van der Waals surface area contributed by atoms with Crippen LogP contribution < -0.4 is 15.8 Å². The molecule has 10 nitrogen and oxygen atoms in total. The van der Waals surface area contributed by atoms with Crippen molar-refractivity contribution in [2.75, 3.05) is 24.3 Å². The number of aliphatic hydroxyl groups excluding tert-OH is 1. The fourth-order valence-corrected chi connectivity index (χ4v) is 2.82. The van der Waals surface area contributed by atoms with E-state index in [0.717, 1.165) is 11.1 Å². The van der Waals surface area contributed by atoms with Crippen LogP contribution in [-0.4, -0.2) is 48.6 Å². The number of hydrogen-bond donors (Lipinski definition) is 3. The number of rotatable bonds is 7. The van der Waals surface area contributed by atoms with Crippen LogP contribution in [0.5, 0.6) is 5.75 Å². The lowest BCUT2D eigenvalue weighted by molar-refractivity contribution is -0.116. The number of amides is 1. The van der Waals surface area contributed by atoms with Gasteiger partial charge in [0.1, 0.15) is 18.9 Å². The predicted octanol–water partition coefficient (Wildman–Crippen LogP) is 1.18. The first-order valence-electron chi connectivity index (χ1n) is 8.89. The molecule has 10 heteroatoms. The van der Waals surface area contributed by atoms with Gasteiger partial charge in [0.05, 0.1) is 12.8 Å². The fraction of sp³-hybridized carbons (Fsp3) is 0.158. The second kappa shape index (κ2) is 7.98. The average Bonchev–Trinajstić information content (AvgIpc) is 3.32. The zero-order valence-corrected chi connectivity index (χ0v) is 15.4. The third kappa shape index (κ3) is 4.33. The number of nitrogens with two attached hydrogens (primary N) is 1. The fourth-order valence-electron chi connectivity index (χ4n) is 2.82. The number of carbonyl (C=O) groups is 1. The highest BCUT2D eigenvalue weighted by Crippen LogP contribution is 2.20. The third-order valence-corrected chi connectivity index (χ3v) is 4.12. The van der Waals surface area contributed by atoms with Gasteiger partial charge in [0.15, 0.2) is 5.65 Å². The monoisotopic (exact) mass is 393 g/mol. The van der Waals surface area contributed by atoms with E-state index in [-0.39, 0.29) is 31.6 Å². The molecule has 4 rings (SSSR count). The number of ether oxygens (including phenoxy) is 1. The summed E-state index contributed by atoms with van der Waals surface area (Å²) in [5.74, 6) is 0.632. The predicted molar refractivity (Wildman–Crippen MR) is 106 cm³/mol. The number of nitrogens with zero attached hydrogens (tertiary/aromatic N) is 5. The zero-order valence-electron chi connectivity index (χ0n) is 15.4. The summed E-state index contributed by atoms with van der Waals surface area (Å²) in [5, 5.41) is 19.9. The summed E-state index contributed by atoms with van der Waals surface area (Å²) in [5.41, 5.74) is 8.65. The molecule has 0 aliphatic carbocycles. The van der Waals surface area contributed by atoms with Crippen LogP contribution in [0.4, 0.5) is 11.6 Å². The molecule has 4 aromatic rings. The molecule has 3 aromatic heterocycles. The molecule has 0 fully saturated rings. The van der Waals surface area contributed by atoms with Crippen LogP contribution in [0.3, 0.4) is 0 Å². The number of fused-ring (bicyclic) bond motifs is 1. The molecule has 148 valence electrons. The van der Waals surface area contributed by atoms with Gasteiger partial charge in [0, 0.05) is 23.6 Å². The largest absolute Gasteiger partial charge is 0.491 e. The summed E-state index contributed by atoms with van der Waals surface area (Å²) >= 11 is 0. The lowest BCUT2D eigenvalue weighted by atomic mass is 10.1. The van der Waals surface area contributed by atoms with Gasteiger partial charge >= 0.3 is 0 Å². The molecule has 0 aliphatic rings. The van der Waals surface area contributed by atoms with E-state index in [2.05, 4.69) is 20.5 Å². The minimum Gasteiger partial charge on any atom is -0.491 e. The first kappa shape index (κ1) is 18.4. The van der Waals surface area contributed by atoms with Crippen molar-refractivity contribution in [1.29, 1.82) is 0 Å². The van der Waals surface area contributed by atoms with Gasteiger partial charge < -0.3 is 20.9 Å². The molecule has 0 saturated carbocycles. The number of carbonyl (C=O) groups excluding carboxylic acids is 1. The first-order valence-corrected chi connectivity index (χ1v) is 8.89. The van der Waals surface area contributed by atoms with Gasteiger partial charge in [0.25, 0.3) is 0 Å². The molecule has 3 heterocycles. The van der Waals surface area contributed by atoms with E-state index in [1.54, 1.807) is 52.1 Å². The molecule has 1 amide bonds. The lowest BCUT2D eigenvalue weighted by Crippen LogP contribution is -2.18. The van der Waals surface area contributed by atoms with Crippen LogP contribution in [0.25, 0.3) is 16.8 Å². The number of nitrogen functional groups attached to an aromatic ring is 1. The number of benzene rings is 1. The van der Waals surface area contributed by atoms with Crippen LogP contribution >= 0.6 is 0 Å². The number of nitrogens with one attached hydrogen (secondary N) is 1. The van der Waals surface area contributed by atoms with Crippen LogP contribution in [0.15, 0.2) is 55.0 Å². The minimum absolute atomic E-state index is 0.0504. The van der Waals surface area contributed by atoms with Crippen LogP contribution in [0.1, 0.15) is 0 Å². The second-order valence-corrected chi connectivity index (χ2v) is 6.26. The topological polar surface area (TPSA) is 133 Å². The maximum absolute atomic E-state index is 12.3. The van der Waals surface area contributed by atoms with Gasteiger partial charge in [-0.05, 0) is 42.0 Å². The van der Waals surface area contributed by atoms with Crippen molar-refractivity contribution in [3.63, 3.8) is 0 Å². The van der Waals surface area contributed by atoms with Gasteiger partial charge in [-0.1, -0.05) is 0 Å². The van der Waals surface area contributed by atoms with E-state index in [1.165, 1.54) is 0 Å². The van der Waals surface area contributed by atoms with E-state index in [1.807, 2.05) is 12.1 Å². The summed E-state index contributed by atoms with van der Waals surface area (Å²) < 4.78 is 8.45. The molecular formula is C19H19N7O3. The quantitative estimate of drug-likeness (QED) is 0.429. The van der Waals surface area contributed by atoms with Crippen molar-refractivity contribution in [2.24, 2.45) is 0 Å². The molecule has 0 saturated heterocycles. The first-order chi connectivity index (χ1) is 14.1. The molecule has 4 N–H and O–H groups in total. The van der Waals surface area contributed by atoms with Gasteiger partial charge in [-0.25, -0.2) is 4.52 Å². The molecule has 1 aromatic carbocycles. The van der Waals surface area contributed by atoms with Crippen molar-refractivity contribution in [3.05, 3.63) is 55.0 Å². The molecule has 29 heavy (non-hydrogen) atoms. The Kier molecular flexibility index (Phi) is 5.08. The Morgan fingerprint density at radius 2 is 2.03 bits per heavy atom. The molecule has 0 spiro atoms. The van der Waals surface area contributed by atoms with Crippen LogP contribution in [-0.2, 0) is 11.3 Å². The Bertz CT molecular complexity index is 1130. The average molecular weight is 393 g/mol. The maximum atomic E-state index is 12.3. The van der Waals surface area contributed by atoms with Crippen molar-refractivity contribution in [1.82, 2.24) is 24.4 Å². The number of aliphatic hydroxyl groups is 1. The third-order valence-electron chi connectivity index (χ3n) is 4.12. The van der Waals surface area contributed by atoms with E-state index >= 15 is 0 Å². The van der Waals surface area contributed by atoms with E-state index in [0.29, 0.717) is 17.1 Å². The van der Waals surface area contributed by atoms with E-state index in [9.17, 15) is 4.79 Å². The van der Waals surface area contributed by atoms with Crippen molar-refractivity contribution in [3.8, 4) is 16.9 Å². The molecule has 0 unspecified atom stereocenters. The van der Waals surface area contributed by atoms with Crippen LogP contribution in [0.2, 0.25) is 0 Å². The van der Waals surface area contributed by atoms with Gasteiger partial charge in [-0.15, -0.1) is 5.10 Å². The summed E-state index contributed by atoms with van der Waals surface area (Å²) in [4.78, 5) is 16.4. The highest BCUT2D eigenvalue weighted by molar-refractivity contribution is 5.90. The van der Waals surface area contributed by atoms with E-state index < -0.39 is 0 Å². The lowest BCUT2D eigenvalue weighted by Gasteiger charge is -2.07. The summed E-state index contributed by atoms with van der Waals surface area (Å²) in [7, 11) is 0. The summed E-state index contributed by atoms with van der Waals surface area (Å²) in [6, 6.07) is 10.7. The van der Waals surface area contributed by atoms with Gasteiger partial charge in [-0.3, -0.25) is 9.48 Å². The Morgan fingerprint density at radius 1 is 1.21 bits per heavy atom. The van der Waals surface area contributed by atoms with Crippen molar-refractivity contribution in [2.45, 2.75) is 6.54 Å². The Balaban J connectivity index is 1.39. The van der Waals surface area contributed by atoms with Crippen molar-refractivity contribution < 1.29 is 14.6 Å². The highest BCUT2D eigenvalue weighted by Gasteiger charge is 2.09. The minimum atomic E-state index is -0.204. The molecule has 0 aliphatic heterocycles. The number of aromatic nitrogens is 5. The maximum Gasteiger partial charge on any atom is 0.246 e. The molecule has 0 bridgehead atoms. The Morgan fingerprint density at radius 3 is 2.83 bits per heavy atom. The molecule has 0 atom stereocenters. The number of pyridine rings is 1. The Labute approximate surface area is 165 Å². The van der Waals surface area contributed by atoms with Gasteiger partial charge in [-0.2, -0.15) is 10.1 Å². The van der Waals surface area contributed by atoms with Crippen molar-refractivity contribution >= 4 is 23.2 Å². The summed E-state index contributed by atoms with van der Waals surface area (Å²) in [6.45, 7) is 0.249. The van der Waals surface area contributed by atoms with E-state index in [4.69, 9.17) is 15.6 Å². The smallest absolute Gasteiger partial charge is 0.246 e. The second-order valence-electron chi connectivity index (χ2n) is 6.26. The number of anilines is 2. The zero-order chi connectivity index (χ0) is 20.2. The van der Waals surface area contributed by atoms with Gasteiger partial charge in [0.2, 0.25) is 11.9 Å². The number of hydrogen-bond acceptors (Lipinski definition) is 7. The molecule has 0 radical (unpaired) electrons. The Hall–Kier alpha value is -3.92. The SMILES string of the molecule is Nc1nc2cc(-c3cnn(CC(=O)Nc4ccc(OCCO)cc4)c3)ccn2n1.